The number of nitrogens with one attached hydrogen (secondary N) is 1. The molecule has 0 aliphatic carbocycles. The highest BCUT2D eigenvalue weighted by Crippen LogP contribution is 2.08. The van der Waals surface area contributed by atoms with Crippen molar-refractivity contribution in [1.29, 1.82) is 0 Å². The van der Waals surface area contributed by atoms with Crippen molar-refractivity contribution in [3.63, 3.8) is 0 Å². The van der Waals surface area contributed by atoms with E-state index in [9.17, 15) is 0 Å². The predicted octanol–water partition coefficient (Wildman–Crippen LogP) is 1.44. The molecular weight excluding hydrogens is 220 g/mol. The Balaban J connectivity index is 2.18. The van der Waals surface area contributed by atoms with Crippen LogP contribution in [-0.2, 0) is 4.74 Å². The van der Waals surface area contributed by atoms with Gasteiger partial charge in [-0.2, -0.15) is 11.8 Å². The third-order valence-electron chi connectivity index (χ3n) is 3.01. The minimum absolute atomic E-state index is 0.712. The third kappa shape index (κ3) is 6.09. The van der Waals surface area contributed by atoms with Gasteiger partial charge in [-0.1, -0.05) is 6.92 Å². The molecule has 1 atom stereocenters. The molecule has 1 aliphatic rings. The van der Waals surface area contributed by atoms with E-state index in [0.29, 0.717) is 6.04 Å². The molecule has 0 bridgehead atoms. The molecular formula is C12H26N2OS. The van der Waals surface area contributed by atoms with Crippen molar-refractivity contribution in [2.24, 2.45) is 0 Å². The zero-order valence-electron chi connectivity index (χ0n) is 10.7. The molecule has 0 saturated carbocycles. The summed E-state index contributed by atoms with van der Waals surface area (Å²) in [4.78, 5) is 2.54. The lowest BCUT2D eigenvalue weighted by Crippen LogP contribution is -2.40. The molecule has 0 radical (unpaired) electrons. The van der Waals surface area contributed by atoms with Crippen LogP contribution in [0.25, 0.3) is 0 Å². The second kappa shape index (κ2) is 9.28. The molecule has 1 N–H and O–H groups in total. The first-order chi connectivity index (χ1) is 7.86. The standard InChI is InChI=1S/C12H26N2OS/c1-3-16-10-8-14(7-9-15-2)11-12-5-4-6-13-12/h12-13H,3-11H2,1-2H3. The normalized spacial score (nSPS) is 20.8. The Hall–Kier alpha value is 0.230. The van der Waals surface area contributed by atoms with Crippen molar-refractivity contribution < 1.29 is 4.74 Å². The minimum Gasteiger partial charge on any atom is -0.383 e. The Kier molecular flexibility index (Phi) is 8.29. The number of ether oxygens (including phenoxy) is 1. The van der Waals surface area contributed by atoms with Crippen LogP contribution in [0.2, 0.25) is 0 Å². The van der Waals surface area contributed by atoms with Crippen LogP contribution in [0.3, 0.4) is 0 Å². The van der Waals surface area contributed by atoms with Gasteiger partial charge in [0.15, 0.2) is 0 Å². The molecule has 0 amide bonds. The quantitative estimate of drug-likeness (QED) is 0.622. The van der Waals surface area contributed by atoms with Gasteiger partial charge in [-0.3, -0.25) is 4.90 Å². The van der Waals surface area contributed by atoms with Crippen LogP contribution in [0.4, 0.5) is 0 Å². The lowest BCUT2D eigenvalue weighted by atomic mass is 10.2. The summed E-state index contributed by atoms with van der Waals surface area (Å²) < 4.78 is 5.17. The largest absolute Gasteiger partial charge is 0.383 e. The third-order valence-corrected chi connectivity index (χ3v) is 3.89. The lowest BCUT2D eigenvalue weighted by molar-refractivity contribution is 0.146. The highest BCUT2D eigenvalue weighted by Gasteiger charge is 2.17. The van der Waals surface area contributed by atoms with Crippen LogP contribution in [0.1, 0.15) is 19.8 Å². The molecule has 0 aromatic heterocycles. The van der Waals surface area contributed by atoms with E-state index >= 15 is 0 Å². The summed E-state index contributed by atoms with van der Waals surface area (Å²) in [5, 5.41) is 3.56. The second-order valence-corrected chi connectivity index (χ2v) is 5.68. The van der Waals surface area contributed by atoms with E-state index in [-0.39, 0.29) is 0 Å². The molecule has 1 saturated heterocycles. The molecule has 1 aliphatic heterocycles. The average molecular weight is 246 g/mol. The zero-order valence-corrected chi connectivity index (χ0v) is 11.5. The maximum atomic E-state index is 5.17. The van der Waals surface area contributed by atoms with Crippen LogP contribution < -0.4 is 5.32 Å². The predicted molar refractivity (Wildman–Crippen MR) is 72.3 cm³/mol. The van der Waals surface area contributed by atoms with Gasteiger partial charge in [0, 0.05) is 38.5 Å². The van der Waals surface area contributed by atoms with E-state index in [1.807, 2.05) is 11.8 Å². The van der Waals surface area contributed by atoms with Gasteiger partial charge in [-0.25, -0.2) is 0 Å². The van der Waals surface area contributed by atoms with Gasteiger partial charge >= 0.3 is 0 Å². The summed E-state index contributed by atoms with van der Waals surface area (Å²) in [6.07, 6.45) is 2.68. The van der Waals surface area contributed by atoms with E-state index in [2.05, 4.69) is 17.1 Å². The summed E-state index contributed by atoms with van der Waals surface area (Å²) in [5.41, 5.74) is 0. The van der Waals surface area contributed by atoms with Crippen molar-refractivity contribution in [3.05, 3.63) is 0 Å². The second-order valence-electron chi connectivity index (χ2n) is 4.28. The van der Waals surface area contributed by atoms with Crippen molar-refractivity contribution in [2.45, 2.75) is 25.8 Å². The fraction of sp³-hybridized carbons (Fsp3) is 1.00. The topological polar surface area (TPSA) is 24.5 Å². The SMILES string of the molecule is CCSCCN(CCOC)CC1CCCN1. The van der Waals surface area contributed by atoms with Crippen LogP contribution in [0.15, 0.2) is 0 Å². The Morgan fingerprint density at radius 2 is 2.31 bits per heavy atom. The van der Waals surface area contributed by atoms with E-state index in [1.54, 1.807) is 7.11 Å². The Morgan fingerprint density at radius 3 is 2.94 bits per heavy atom. The summed E-state index contributed by atoms with van der Waals surface area (Å²) in [7, 11) is 1.78. The van der Waals surface area contributed by atoms with E-state index in [4.69, 9.17) is 4.74 Å². The summed E-state index contributed by atoms with van der Waals surface area (Å²) >= 11 is 2.02. The van der Waals surface area contributed by atoms with Crippen LogP contribution in [0.5, 0.6) is 0 Å². The molecule has 0 aromatic rings. The summed E-state index contributed by atoms with van der Waals surface area (Å²) in [6.45, 7) is 7.73. The van der Waals surface area contributed by atoms with E-state index in [0.717, 1.165) is 13.2 Å². The fourth-order valence-electron chi connectivity index (χ4n) is 2.08. The summed E-state index contributed by atoms with van der Waals surface area (Å²) in [5.74, 6) is 2.47. The first-order valence-electron chi connectivity index (χ1n) is 6.39. The molecule has 1 heterocycles. The van der Waals surface area contributed by atoms with E-state index in [1.165, 1.54) is 44.0 Å². The van der Waals surface area contributed by atoms with E-state index < -0.39 is 0 Å². The number of hydrogen-bond acceptors (Lipinski definition) is 4. The van der Waals surface area contributed by atoms with Crippen molar-refractivity contribution >= 4 is 11.8 Å². The lowest BCUT2D eigenvalue weighted by Gasteiger charge is -2.25. The Labute approximate surface area is 104 Å². The summed E-state index contributed by atoms with van der Waals surface area (Å²) in [6, 6.07) is 0.712. The average Bonchev–Trinajstić information content (AvgIpc) is 2.78. The highest BCUT2D eigenvalue weighted by atomic mass is 32.2. The van der Waals surface area contributed by atoms with Gasteiger partial charge in [-0.15, -0.1) is 0 Å². The van der Waals surface area contributed by atoms with Crippen molar-refractivity contribution in [2.75, 3.05) is 51.4 Å². The smallest absolute Gasteiger partial charge is 0.0589 e. The molecule has 3 nitrogen and oxygen atoms in total. The van der Waals surface area contributed by atoms with Crippen molar-refractivity contribution in [1.82, 2.24) is 10.2 Å². The number of rotatable bonds is 9. The monoisotopic (exact) mass is 246 g/mol. The molecule has 1 fully saturated rings. The molecule has 4 heteroatoms. The van der Waals surface area contributed by atoms with Gasteiger partial charge < -0.3 is 10.1 Å². The number of thioether (sulfide) groups is 1. The van der Waals surface area contributed by atoms with Crippen LogP contribution in [0, 0.1) is 0 Å². The van der Waals surface area contributed by atoms with Crippen LogP contribution >= 0.6 is 11.8 Å². The molecule has 0 spiro atoms. The Bertz CT molecular complexity index is 163. The zero-order chi connectivity index (χ0) is 11.6. The number of hydrogen-bond donors (Lipinski definition) is 1. The first-order valence-corrected chi connectivity index (χ1v) is 7.54. The Morgan fingerprint density at radius 1 is 1.44 bits per heavy atom. The van der Waals surface area contributed by atoms with Gasteiger partial charge in [0.05, 0.1) is 6.61 Å². The fourth-order valence-corrected chi connectivity index (χ4v) is 2.75. The first kappa shape index (κ1) is 14.3. The maximum absolute atomic E-state index is 5.17. The van der Waals surface area contributed by atoms with Crippen molar-refractivity contribution in [3.8, 4) is 0 Å². The highest BCUT2D eigenvalue weighted by molar-refractivity contribution is 7.99. The molecule has 1 rings (SSSR count). The molecule has 1 unspecified atom stereocenters. The number of nitrogens with zero attached hydrogens (tertiary/aromatic N) is 1. The molecule has 0 aromatic carbocycles. The van der Waals surface area contributed by atoms with Gasteiger partial charge in [0.2, 0.25) is 0 Å². The number of methoxy groups -OCH3 is 1. The molecule has 96 valence electrons. The van der Waals surface area contributed by atoms with Gasteiger partial charge in [0.25, 0.3) is 0 Å². The minimum atomic E-state index is 0.712. The van der Waals surface area contributed by atoms with Crippen LogP contribution in [-0.4, -0.2) is 62.3 Å². The molecule has 16 heavy (non-hydrogen) atoms. The van der Waals surface area contributed by atoms with Gasteiger partial charge in [-0.05, 0) is 25.1 Å². The maximum Gasteiger partial charge on any atom is 0.0589 e. The van der Waals surface area contributed by atoms with Gasteiger partial charge in [0.1, 0.15) is 0 Å².